The Morgan fingerprint density at radius 1 is 1.24 bits per heavy atom. The fourth-order valence-electron chi connectivity index (χ4n) is 3.00. The van der Waals surface area contributed by atoms with Gasteiger partial charge < -0.3 is 10.2 Å². The van der Waals surface area contributed by atoms with Crippen molar-refractivity contribution in [2.75, 3.05) is 18.0 Å². The molecule has 0 saturated carbocycles. The maximum atomic E-state index is 4.76. The molecule has 0 spiro atoms. The first-order chi connectivity index (χ1) is 10.3. The summed E-state index contributed by atoms with van der Waals surface area (Å²) in [6.07, 6.45) is 2.36. The number of aryl methyl sites for hydroxylation is 2. The number of aromatic nitrogens is 1. The molecule has 0 amide bonds. The summed E-state index contributed by atoms with van der Waals surface area (Å²) in [4.78, 5) is 7.12. The van der Waals surface area contributed by atoms with Gasteiger partial charge in [0.25, 0.3) is 0 Å². The minimum Gasteiger partial charge on any atom is -0.326 e. The predicted molar refractivity (Wildman–Crippen MR) is 88.1 cm³/mol. The van der Waals surface area contributed by atoms with Crippen LogP contribution in [0.2, 0.25) is 0 Å². The van der Waals surface area contributed by atoms with Crippen LogP contribution in [0.15, 0.2) is 36.4 Å². The van der Waals surface area contributed by atoms with Crippen molar-refractivity contribution < 1.29 is 0 Å². The Bertz CT molecular complexity index is 622. The number of nitrogens with one attached hydrogen (secondary N) is 1. The van der Waals surface area contributed by atoms with E-state index in [1.165, 1.54) is 29.7 Å². The van der Waals surface area contributed by atoms with Gasteiger partial charge in [0.2, 0.25) is 0 Å². The molecule has 0 radical (unpaired) electrons. The summed E-state index contributed by atoms with van der Waals surface area (Å²) in [6.45, 7) is 7.16. The zero-order valence-electron chi connectivity index (χ0n) is 12.9. The molecule has 0 saturated heterocycles. The molecule has 2 aromatic rings. The van der Waals surface area contributed by atoms with Crippen LogP contribution in [-0.4, -0.2) is 18.1 Å². The molecule has 2 heterocycles. The first-order valence-electron chi connectivity index (χ1n) is 7.81. The van der Waals surface area contributed by atoms with E-state index in [1.54, 1.807) is 0 Å². The third-order valence-electron chi connectivity index (χ3n) is 3.97. The number of pyridine rings is 1. The maximum Gasteiger partial charge on any atom is 0.133 e. The monoisotopic (exact) mass is 281 g/mol. The van der Waals surface area contributed by atoms with Gasteiger partial charge in [-0.25, -0.2) is 4.98 Å². The lowest BCUT2D eigenvalue weighted by Gasteiger charge is -2.31. The highest BCUT2D eigenvalue weighted by Gasteiger charge is 2.19. The highest BCUT2D eigenvalue weighted by Crippen LogP contribution is 2.32. The van der Waals surface area contributed by atoms with Gasteiger partial charge in [0.15, 0.2) is 0 Å². The Morgan fingerprint density at radius 2 is 2.10 bits per heavy atom. The standard InChI is InChI=1S/C18H23N3/c1-3-19-13-15-11-14(2)20-18(12-15)21-10-6-8-16-7-4-5-9-17(16)21/h4-5,7,9,11-12,19H,3,6,8,10,13H2,1-2H3. The number of para-hydroxylation sites is 1. The lowest BCUT2D eigenvalue weighted by atomic mass is 10.0. The summed E-state index contributed by atoms with van der Waals surface area (Å²) in [5.41, 5.74) is 5.14. The second-order valence-electron chi connectivity index (χ2n) is 5.64. The predicted octanol–water partition coefficient (Wildman–Crippen LogP) is 3.58. The number of hydrogen-bond donors (Lipinski definition) is 1. The highest BCUT2D eigenvalue weighted by molar-refractivity contribution is 5.65. The Morgan fingerprint density at radius 3 is 2.95 bits per heavy atom. The molecule has 1 N–H and O–H groups in total. The van der Waals surface area contributed by atoms with E-state index in [1.807, 2.05) is 0 Å². The summed E-state index contributed by atoms with van der Waals surface area (Å²) in [7, 11) is 0. The van der Waals surface area contributed by atoms with Gasteiger partial charge in [0.1, 0.15) is 5.82 Å². The Hall–Kier alpha value is -1.87. The van der Waals surface area contributed by atoms with Crippen molar-refractivity contribution in [3.63, 3.8) is 0 Å². The minimum absolute atomic E-state index is 0.905. The summed E-state index contributed by atoms with van der Waals surface area (Å²) < 4.78 is 0. The lowest BCUT2D eigenvalue weighted by molar-refractivity contribution is 0.721. The smallest absolute Gasteiger partial charge is 0.133 e. The van der Waals surface area contributed by atoms with E-state index in [9.17, 15) is 0 Å². The molecule has 0 bridgehead atoms. The number of benzene rings is 1. The number of anilines is 2. The minimum atomic E-state index is 0.905. The molecule has 1 aromatic heterocycles. The van der Waals surface area contributed by atoms with E-state index in [-0.39, 0.29) is 0 Å². The molecule has 0 unspecified atom stereocenters. The zero-order chi connectivity index (χ0) is 14.7. The van der Waals surface area contributed by atoms with Gasteiger partial charge in [0.05, 0.1) is 0 Å². The average molecular weight is 281 g/mol. The lowest BCUT2D eigenvalue weighted by Crippen LogP contribution is -2.25. The summed E-state index contributed by atoms with van der Waals surface area (Å²) >= 11 is 0. The molecule has 3 heteroatoms. The van der Waals surface area contributed by atoms with Crippen molar-refractivity contribution in [1.82, 2.24) is 10.3 Å². The van der Waals surface area contributed by atoms with E-state index >= 15 is 0 Å². The van der Waals surface area contributed by atoms with Crippen molar-refractivity contribution in [2.24, 2.45) is 0 Å². The molecule has 21 heavy (non-hydrogen) atoms. The topological polar surface area (TPSA) is 28.2 Å². The van der Waals surface area contributed by atoms with Gasteiger partial charge in [-0.3, -0.25) is 0 Å². The molecule has 1 aliphatic heterocycles. The molecule has 0 fully saturated rings. The SMILES string of the molecule is CCNCc1cc(C)nc(N2CCCc3ccccc32)c1. The Balaban J connectivity index is 1.95. The average Bonchev–Trinajstić information content (AvgIpc) is 2.52. The molecule has 1 aliphatic rings. The van der Waals surface area contributed by atoms with Gasteiger partial charge in [-0.2, -0.15) is 0 Å². The van der Waals surface area contributed by atoms with Crippen LogP contribution < -0.4 is 10.2 Å². The molecule has 3 nitrogen and oxygen atoms in total. The molecule has 1 aromatic carbocycles. The second kappa shape index (κ2) is 6.27. The fraction of sp³-hybridized carbons (Fsp3) is 0.389. The molecular formula is C18H23N3. The van der Waals surface area contributed by atoms with Gasteiger partial charge in [0, 0.05) is 24.5 Å². The van der Waals surface area contributed by atoms with E-state index < -0.39 is 0 Å². The normalized spacial score (nSPS) is 14.1. The first kappa shape index (κ1) is 14.1. The van der Waals surface area contributed by atoms with Crippen LogP contribution >= 0.6 is 0 Å². The van der Waals surface area contributed by atoms with Gasteiger partial charge in [-0.05, 0) is 55.6 Å². The van der Waals surface area contributed by atoms with Gasteiger partial charge in [-0.15, -0.1) is 0 Å². The third kappa shape index (κ3) is 3.08. The van der Waals surface area contributed by atoms with Crippen LogP contribution in [0.25, 0.3) is 0 Å². The van der Waals surface area contributed by atoms with Crippen LogP contribution in [0.4, 0.5) is 11.5 Å². The van der Waals surface area contributed by atoms with Crippen LogP contribution in [0.3, 0.4) is 0 Å². The third-order valence-corrected chi connectivity index (χ3v) is 3.97. The summed E-state index contributed by atoms with van der Waals surface area (Å²) in [6, 6.07) is 13.1. The van der Waals surface area contributed by atoms with E-state index in [0.29, 0.717) is 0 Å². The Kier molecular flexibility index (Phi) is 4.20. The first-order valence-corrected chi connectivity index (χ1v) is 7.81. The summed E-state index contributed by atoms with van der Waals surface area (Å²) in [5.74, 6) is 1.08. The van der Waals surface area contributed by atoms with Crippen LogP contribution in [0.5, 0.6) is 0 Å². The molecule has 3 rings (SSSR count). The van der Waals surface area contributed by atoms with E-state index in [0.717, 1.165) is 31.1 Å². The fourth-order valence-corrected chi connectivity index (χ4v) is 3.00. The quantitative estimate of drug-likeness (QED) is 0.928. The van der Waals surface area contributed by atoms with Gasteiger partial charge >= 0.3 is 0 Å². The largest absolute Gasteiger partial charge is 0.326 e. The van der Waals surface area contributed by atoms with E-state index in [4.69, 9.17) is 4.98 Å². The molecule has 0 atom stereocenters. The second-order valence-corrected chi connectivity index (χ2v) is 5.64. The summed E-state index contributed by atoms with van der Waals surface area (Å²) in [5, 5.41) is 3.39. The van der Waals surface area contributed by atoms with Crippen LogP contribution in [-0.2, 0) is 13.0 Å². The van der Waals surface area contributed by atoms with Crippen molar-refractivity contribution in [1.29, 1.82) is 0 Å². The van der Waals surface area contributed by atoms with E-state index in [2.05, 4.69) is 60.5 Å². The van der Waals surface area contributed by atoms with Gasteiger partial charge in [-0.1, -0.05) is 25.1 Å². The molecule has 110 valence electrons. The molecule has 0 aliphatic carbocycles. The number of nitrogens with zero attached hydrogens (tertiary/aromatic N) is 2. The van der Waals surface area contributed by atoms with Crippen molar-refractivity contribution in [3.8, 4) is 0 Å². The van der Waals surface area contributed by atoms with Crippen molar-refractivity contribution >= 4 is 11.5 Å². The number of hydrogen-bond acceptors (Lipinski definition) is 3. The number of fused-ring (bicyclic) bond motifs is 1. The van der Waals surface area contributed by atoms with Crippen LogP contribution in [0.1, 0.15) is 30.2 Å². The Labute approximate surface area is 127 Å². The van der Waals surface area contributed by atoms with Crippen molar-refractivity contribution in [3.05, 3.63) is 53.2 Å². The highest BCUT2D eigenvalue weighted by atomic mass is 15.2. The van der Waals surface area contributed by atoms with Crippen molar-refractivity contribution in [2.45, 2.75) is 33.2 Å². The zero-order valence-corrected chi connectivity index (χ0v) is 12.9. The van der Waals surface area contributed by atoms with Crippen LogP contribution in [0, 0.1) is 6.92 Å². The maximum absolute atomic E-state index is 4.76. The number of rotatable bonds is 4. The molecular weight excluding hydrogens is 258 g/mol.